The van der Waals surface area contributed by atoms with Crippen molar-refractivity contribution in [3.63, 3.8) is 0 Å². The number of nitrogens with zero attached hydrogens (tertiary/aromatic N) is 3. The predicted molar refractivity (Wildman–Crippen MR) is 102 cm³/mol. The zero-order valence-electron chi connectivity index (χ0n) is 13.3. The van der Waals surface area contributed by atoms with E-state index in [1.165, 1.54) is 11.1 Å². The lowest BCUT2D eigenvalue weighted by molar-refractivity contribution is 0.415. The number of methoxy groups -OCH3 is 1. The third-order valence-corrected chi connectivity index (χ3v) is 4.25. The predicted octanol–water partition coefficient (Wildman–Crippen LogP) is 4.04. The molecule has 1 aliphatic heterocycles. The van der Waals surface area contributed by atoms with Crippen LogP contribution in [0.2, 0.25) is 0 Å². The fraction of sp³-hybridized carbons (Fsp3) is 0.222. The summed E-state index contributed by atoms with van der Waals surface area (Å²) in [7, 11) is 1.67. The molecule has 3 aromatic rings. The van der Waals surface area contributed by atoms with Crippen LogP contribution < -0.4 is 9.64 Å². The van der Waals surface area contributed by atoms with Gasteiger partial charge in [-0.2, -0.15) is 0 Å². The van der Waals surface area contributed by atoms with Gasteiger partial charge in [0.25, 0.3) is 0 Å². The normalized spacial score (nSPS) is 12.8. The van der Waals surface area contributed by atoms with Crippen molar-refractivity contribution in [2.75, 3.05) is 18.6 Å². The molecule has 0 radical (unpaired) electrons. The van der Waals surface area contributed by atoms with Crippen LogP contribution in [0.1, 0.15) is 11.1 Å². The summed E-state index contributed by atoms with van der Waals surface area (Å²) in [6.45, 7) is 1.88. The van der Waals surface area contributed by atoms with Gasteiger partial charge in [0.15, 0.2) is 0 Å². The van der Waals surface area contributed by atoms with E-state index in [1.54, 1.807) is 13.4 Å². The smallest absolute Gasteiger partial charge is 0.140 e. The van der Waals surface area contributed by atoms with Crippen LogP contribution in [0, 0.1) is 0 Å². The molecule has 6 heteroatoms. The summed E-state index contributed by atoms with van der Waals surface area (Å²) in [4.78, 5) is 11.2. The Balaban J connectivity index is 0.00000104. The number of hydrogen-bond donors (Lipinski definition) is 0. The van der Waals surface area contributed by atoms with Crippen molar-refractivity contribution in [3.05, 3.63) is 59.9 Å². The maximum atomic E-state index is 5.28. The third-order valence-electron chi connectivity index (χ3n) is 4.25. The molecule has 1 aliphatic rings. The number of hydrogen-bond acceptors (Lipinski definition) is 4. The lowest BCUT2D eigenvalue weighted by atomic mass is 10.00. The standard InChI is InChI=1S/C18H17N3O.2ClH/c1-22-15-6-7-16-17(10-15)19-12-20-18(16)21-9-8-13-4-2-3-5-14(13)11-21;;/h2-7,10,12H,8-9,11H2,1H3;2*1H. The second-order valence-corrected chi connectivity index (χ2v) is 5.52. The van der Waals surface area contributed by atoms with Crippen molar-refractivity contribution in [1.82, 2.24) is 9.97 Å². The van der Waals surface area contributed by atoms with Crippen LogP contribution in [0.4, 0.5) is 5.82 Å². The molecule has 0 N–H and O–H groups in total. The van der Waals surface area contributed by atoms with E-state index in [0.29, 0.717) is 0 Å². The quantitative estimate of drug-likeness (QED) is 0.688. The summed E-state index contributed by atoms with van der Waals surface area (Å²) in [6.07, 6.45) is 2.69. The molecule has 0 bridgehead atoms. The van der Waals surface area contributed by atoms with E-state index in [9.17, 15) is 0 Å². The molecule has 1 aromatic heterocycles. The number of rotatable bonds is 2. The molecule has 0 amide bonds. The van der Waals surface area contributed by atoms with Crippen molar-refractivity contribution in [1.29, 1.82) is 0 Å². The summed E-state index contributed by atoms with van der Waals surface area (Å²) in [6, 6.07) is 14.6. The number of anilines is 1. The molecule has 0 saturated carbocycles. The lowest BCUT2D eigenvalue weighted by Gasteiger charge is -2.30. The fourth-order valence-corrected chi connectivity index (χ4v) is 3.08. The molecule has 2 aromatic carbocycles. The molecular formula is C18H19Cl2N3O. The van der Waals surface area contributed by atoms with E-state index in [1.807, 2.05) is 18.2 Å². The monoisotopic (exact) mass is 363 g/mol. The second kappa shape index (κ2) is 7.69. The first-order chi connectivity index (χ1) is 10.8. The van der Waals surface area contributed by atoms with E-state index in [0.717, 1.165) is 42.0 Å². The zero-order chi connectivity index (χ0) is 14.9. The Bertz CT molecular complexity index is 841. The summed E-state index contributed by atoms with van der Waals surface area (Å²) >= 11 is 0. The first kappa shape index (κ1) is 18.3. The Morgan fingerprint density at radius 1 is 1.00 bits per heavy atom. The Morgan fingerprint density at radius 3 is 2.58 bits per heavy atom. The minimum Gasteiger partial charge on any atom is -0.497 e. The highest BCUT2D eigenvalue weighted by atomic mass is 35.5. The van der Waals surface area contributed by atoms with E-state index < -0.39 is 0 Å². The van der Waals surface area contributed by atoms with Crippen molar-refractivity contribution < 1.29 is 4.74 Å². The van der Waals surface area contributed by atoms with Gasteiger partial charge in [-0.1, -0.05) is 24.3 Å². The summed E-state index contributed by atoms with van der Waals surface area (Å²) in [5, 5.41) is 1.07. The van der Waals surface area contributed by atoms with Gasteiger partial charge in [0.05, 0.1) is 12.6 Å². The highest BCUT2D eigenvalue weighted by Crippen LogP contribution is 2.29. The van der Waals surface area contributed by atoms with E-state index in [2.05, 4.69) is 39.1 Å². The number of ether oxygens (including phenoxy) is 1. The molecule has 126 valence electrons. The first-order valence-corrected chi connectivity index (χ1v) is 7.45. The molecule has 0 atom stereocenters. The highest BCUT2D eigenvalue weighted by Gasteiger charge is 2.19. The topological polar surface area (TPSA) is 38.2 Å². The average Bonchev–Trinajstić information content (AvgIpc) is 2.60. The molecule has 0 aliphatic carbocycles. The summed E-state index contributed by atoms with van der Waals surface area (Å²) in [5.41, 5.74) is 3.75. The van der Waals surface area contributed by atoms with Crippen LogP contribution in [0.25, 0.3) is 10.9 Å². The molecule has 0 fully saturated rings. The van der Waals surface area contributed by atoms with Gasteiger partial charge in [-0.05, 0) is 29.7 Å². The summed E-state index contributed by atoms with van der Waals surface area (Å²) < 4.78 is 5.28. The second-order valence-electron chi connectivity index (χ2n) is 5.52. The summed E-state index contributed by atoms with van der Waals surface area (Å²) in [5.74, 6) is 1.82. The Labute approximate surface area is 153 Å². The van der Waals surface area contributed by atoms with Crippen molar-refractivity contribution in [3.8, 4) is 5.75 Å². The van der Waals surface area contributed by atoms with Gasteiger partial charge in [-0.15, -0.1) is 24.8 Å². The molecule has 2 heterocycles. The van der Waals surface area contributed by atoms with Gasteiger partial charge < -0.3 is 9.64 Å². The van der Waals surface area contributed by atoms with Gasteiger partial charge in [0, 0.05) is 24.5 Å². The van der Waals surface area contributed by atoms with Gasteiger partial charge in [-0.3, -0.25) is 0 Å². The molecule has 0 saturated heterocycles. The van der Waals surface area contributed by atoms with Gasteiger partial charge in [0.1, 0.15) is 17.9 Å². The number of benzene rings is 2. The lowest BCUT2D eigenvalue weighted by Crippen LogP contribution is -2.31. The minimum absolute atomic E-state index is 0. The van der Waals surface area contributed by atoms with Crippen LogP contribution in [0.3, 0.4) is 0 Å². The van der Waals surface area contributed by atoms with Crippen molar-refractivity contribution in [2.24, 2.45) is 0 Å². The van der Waals surface area contributed by atoms with Crippen LogP contribution in [-0.2, 0) is 13.0 Å². The zero-order valence-corrected chi connectivity index (χ0v) is 14.9. The third kappa shape index (κ3) is 3.25. The number of fused-ring (bicyclic) bond motifs is 2. The first-order valence-electron chi connectivity index (χ1n) is 7.45. The Hall–Kier alpha value is -2.04. The molecule has 4 nitrogen and oxygen atoms in total. The van der Waals surface area contributed by atoms with Gasteiger partial charge in [0.2, 0.25) is 0 Å². The number of aromatic nitrogens is 2. The molecular weight excluding hydrogens is 345 g/mol. The van der Waals surface area contributed by atoms with Crippen molar-refractivity contribution in [2.45, 2.75) is 13.0 Å². The molecule has 4 rings (SSSR count). The average molecular weight is 364 g/mol. The van der Waals surface area contributed by atoms with Crippen LogP contribution in [-0.4, -0.2) is 23.6 Å². The minimum atomic E-state index is 0. The van der Waals surface area contributed by atoms with E-state index in [-0.39, 0.29) is 24.8 Å². The largest absolute Gasteiger partial charge is 0.497 e. The maximum absolute atomic E-state index is 5.28. The molecule has 0 spiro atoms. The number of halogens is 2. The molecule has 24 heavy (non-hydrogen) atoms. The molecule has 0 unspecified atom stereocenters. The Kier molecular flexibility index (Phi) is 5.86. The van der Waals surface area contributed by atoms with E-state index >= 15 is 0 Å². The van der Waals surface area contributed by atoms with Crippen LogP contribution in [0.5, 0.6) is 5.75 Å². The highest BCUT2D eigenvalue weighted by molar-refractivity contribution is 5.90. The van der Waals surface area contributed by atoms with Crippen LogP contribution in [0.15, 0.2) is 48.8 Å². The van der Waals surface area contributed by atoms with Gasteiger partial charge in [-0.25, -0.2) is 9.97 Å². The van der Waals surface area contributed by atoms with Gasteiger partial charge >= 0.3 is 0 Å². The van der Waals surface area contributed by atoms with E-state index in [4.69, 9.17) is 4.74 Å². The maximum Gasteiger partial charge on any atom is 0.140 e. The Morgan fingerprint density at radius 2 is 1.79 bits per heavy atom. The van der Waals surface area contributed by atoms with Crippen LogP contribution >= 0.6 is 24.8 Å². The fourth-order valence-electron chi connectivity index (χ4n) is 3.08. The van der Waals surface area contributed by atoms with Crippen molar-refractivity contribution >= 4 is 41.5 Å². The SMILES string of the molecule is COc1ccc2c(N3CCc4ccccc4C3)ncnc2c1.Cl.Cl.